The van der Waals surface area contributed by atoms with Crippen LogP contribution in [0.3, 0.4) is 0 Å². The number of rotatable bonds is 4. The van der Waals surface area contributed by atoms with Crippen molar-refractivity contribution < 1.29 is 10.2 Å². The zero-order chi connectivity index (χ0) is 20.5. The number of aromatic amines is 2. The standard InChI is InChI=1S/C24H18N4O2/c29-23-10-3-1-8-17(23)21-13-19(25-27-21)15-6-5-7-16(12-15)20-14-22(28-26-20)18-9-2-4-11-24(18)30/h1-14,29-30H,(H,25,27)(H,26,28). The summed E-state index contributed by atoms with van der Waals surface area (Å²) in [6, 6.07) is 26.0. The average Bonchev–Trinajstić information content (AvgIpc) is 3.45. The molecule has 0 aliphatic heterocycles. The summed E-state index contributed by atoms with van der Waals surface area (Å²) in [6.45, 7) is 0. The first-order valence-electron chi connectivity index (χ1n) is 9.47. The zero-order valence-electron chi connectivity index (χ0n) is 15.9. The molecule has 5 aromatic rings. The highest BCUT2D eigenvalue weighted by Gasteiger charge is 2.12. The highest BCUT2D eigenvalue weighted by molar-refractivity contribution is 5.76. The van der Waals surface area contributed by atoms with Crippen LogP contribution in [0.25, 0.3) is 45.0 Å². The van der Waals surface area contributed by atoms with Crippen molar-refractivity contribution in [1.82, 2.24) is 20.4 Å². The lowest BCUT2D eigenvalue weighted by atomic mass is 10.0. The van der Waals surface area contributed by atoms with E-state index in [0.29, 0.717) is 11.1 Å². The molecule has 0 aliphatic rings. The van der Waals surface area contributed by atoms with Gasteiger partial charge in [0.15, 0.2) is 0 Å². The van der Waals surface area contributed by atoms with Gasteiger partial charge in [-0.3, -0.25) is 10.2 Å². The molecule has 0 fully saturated rings. The maximum atomic E-state index is 10.1. The largest absolute Gasteiger partial charge is 0.507 e. The van der Waals surface area contributed by atoms with E-state index in [0.717, 1.165) is 33.9 Å². The maximum Gasteiger partial charge on any atom is 0.124 e. The Labute approximate surface area is 172 Å². The quantitative estimate of drug-likeness (QED) is 0.336. The third kappa shape index (κ3) is 3.20. The summed E-state index contributed by atoms with van der Waals surface area (Å²) in [7, 11) is 0. The van der Waals surface area contributed by atoms with E-state index < -0.39 is 0 Å². The molecule has 0 amide bonds. The van der Waals surface area contributed by atoms with Gasteiger partial charge in [0.05, 0.1) is 22.8 Å². The van der Waals surface area contributed by atoms with E-state index in [1.54, 1.807) is 24.3 Å². The van der Waals surface area contributed by atoms with Gasteiger partial charge in [0.25, 0.3) is 0 Å². The van der Waals surface area contributed by atoms with E-state index >= 15 is 0 Å². The topological polar surface area (TPSA) is 97.8 Å². The van der Waals surface area contributed by atoms with Gasteiger partial charge >= 0.3 is 0 Å². The molecular weight excluding hydrogens is 376 g/mol. The van der Waals surface area contributed by atoms with E-state index in [1.807, 2.05) is 60.7 Å². The highest BCUT2D eigenvalue weighted by Crippen LogP contribution is 2.33. The molecule has 0 atom stereocenters. The van der Waals surface area contributed by atoms with Crippen LogP contribution in [0, 0.1) is 0 Å². The third-order valence-electron chi connectivity index (χ3n) is 5.00. The summed E-state index contributed by atoms with van der Waals surface area (Å²) in [5.74, 6) is 0.407. The number of hydrogen-bond acceptors (Lipinski definition) is 4. The molecule has 0 unspecified atom stereocenters. The first-order valence-corrected chi connectivity index (χ1v) is 9.47. The Kier molecular flexibility index (Phi) is 4.29. The van der Waals surface area contributed by atoms with Crippen LogP contribution < -0.4 is 0 Å². The number of phenols is 2. The molecule has 0 spiro atoms. The molecule has 6 heteroatoms. The van der Waals surface area contributed by atoms with Crippen molar-refractivity contribution in [2.45, 2.75) is 0 Å². The second-order valence-corrected chi connectivity index (χ2v) is 6.95. The fourth-order valence-corrected chi connectivity index (χ4v) is 3.46. The van der Waals surface area contributed by atoms with Crippen LogP contribution in [-0.2, 0) is 0 Å². The molecule has 6 nitrogen and oxygen atoms in total. The first-order chi connectivity index (χ1) is 14.7. The molecule has 0 radical (unpaired) electrons. The molecule has 2 aromatic heterocycles. The SMILES string of the molecule is Oc1ccccc1-c1cc(-c2cccc(-c3cc(-c4ccccc4O)[nH]n3)c2)n[nH]1. The Bertz CT molecular complexity index is 1240. The predicted octanol–water partition coefficient (Wildman–Crippen LogP) is 5.21. The van der Waals surface area contributed by atoms with Crippen molar-refractivity contribution in [3.8, 4) is 56.5 Å². The summed E-state index contributed by atoms with van der Waals surface area (Å²) >= 11 is 0. The van der Waals surface area contributed by atoms with Crippen molar-refractivity contribution in [2.75, 3.05) is 0 Å². The molecule has 0 saturated heterocycles. The van der Waals surface area contributed by atoms with Crippen molar-refractivity contribution in [3.63, 3.8) is 0 Å². The smallest absolute Gasteiger partial charge is 0.124 e. The van der Waals surface area contributed by atoms with Crippen molar-refractivity contribution in [2.24, 2.45) is 0 Å². The lowest BCUT2D eigenvalue weighted by molar-refractivity contribution is 0.476. The number of aromatic nitrogens is 4. The van der Waals surface area contributed by atoms with Gasteiger partial charge in [0.2, 0.25) is 0 Å². The van der Waals surface area contributed by atoms with Gasteiger partial charge < -0.3 is 10.2 Å². The summed E-state index contributed by atoms with van der Waals surface area (Å²) in [5, 5.41) is 34.9. The Morgan fingerprint density at radius 2 is 1.00 bits per heavy atom. The molecule has 3 aromatic carbocycles. The molecular formula is C24H18N4O2. The second kappa shape index (κ2) is 7.25. The molecule has 0 aliphatic carbocycles. The van der Waals surface area contributed by atoms with Crippen LogP contribution in [-0.4, -0.2) is 30.6 Å². The molecule has 5 rings (SSSR count). The Hall–Kier alpha value is -4.32. The molecule has 0 saturated carbocycles. The monoisotopic (exact) mass is 394 g/mol. The molecule has 0 bridgehead atoms. The Balaban J connectivity index is 1.47. The predicted molar refractivity (Wildman–Crippen MR) is 116 cm³/mol. The normalized spacial score (nSPS) is 10.9. The average molecular weight is 394 g/mol. The zero-order valence-corrected chi connectivity index (χ0v) is 15.9. The van der Waals surface area contributed by atoms with Crippen LogP contribution in [0.2, 0.25) is 0 Å². The highest BCUT2D eigenvalue weighted by atomic mass is 16.3. The van der Waals surface area contributed by atoms with E-state index in [-0.39, 0.29) is 11.5 Å². The minimum Gasteiger partial charge on any atom is -0.507 e. The lowest BCUT2D eigenvalue weighted by Crippen LogP contribution is -1.82. The number of H-pyrrole nitrogens is 2. The minimum absolute atomic E-state index is 0.203. The Morgan fingerprint density at radius 3 is 1.47 bits per heavy atom. The van der Waals surface area contributed by atoms with Crippen LogP contribution in [0.15, 0.2) is 84.9 Å². The van der Waals surface area contributed by atoms with Gasteiger partial charge in [-0.25, -0.2) is 0 Å². The van der Waals surface area contributed by atoms with Crippen LogP contribution in [0.5, 0.6) is 11.5 Å². The number of nitrogens with one attached hydrogen (secondary N) is 2. The molecule has 2 heterocycles. The first kappa shape index (κ1) is 17.8. The molecule has 146 valence electrons. The third-order valence-corrected chi connectivity index (χ3v) is 5.00. The lowest BCUT2D eigenvalue weighted by Gasteiger charge is -2.01. The number of aromatic hydroxyl groups is 2. The maximum absolute atomic E-state index is 10.1. The molecule has 30 heavy (non-hydrogen) atoms. The summed E-state index contributed by atoms with van der Waals surface area (Å²) in [4.78, 5) is 0. The number of hydrogen-bond donors (Lipinski definition) is 4. The van der Waals surface area contributed by atoms with Crippen LogP contribution >= 0.6 is 0 Å². The molecule has 4 N–H and O–H groups in total. The second-order valence-electron chi connectivity index (χ2n) is 6.95. The van der Waals surface area contributed by atoms with Gasteiger partial charge in [-0.15, -0.1) is 0 Å². The minimum atomic E-state index is 0.203. The number of nitrogens with zero attached hydrogens (tertiary/aromatic N) is 2. The van der Waals surface area contributed by atoms with E-state index in [1.165, 1.54) is 0 Å². The van der Waals surface area contributed by atoms with E-state index in [4.69, 9.17) is 0 Å². The fraction of sp³-hybridized carbons (Fsp3) is 0. The Morgan fingerprint density at radius 1 is 0.533 bits per heavy atom. The van der Waals surface area contributed by atoms with Gasteiger partial charge in [-0.2, -0.15) is 10.2 Å². The van der Waals surface area contributed by atoms with Crippen molar-refractivity contribution >= 4 is 0 Å². The van der Waals surface area contributed by atoms with Crippen LogP contribution in [0.4, 0.5) is 0 Å². The number of phenolic OH excluding ortho intramolecular Hbond substituents is 2. The van der Waals surface area contributed by atoms with Gasteiger partial charge in [0.1, 0.15) is 11.5 Å². The van der Waals surface area contributed by atoms with Gasteiger partial charge in [-0.1, -0.05) is 42.5 Å². The van der Waals surface area contributed by atoms with Crippen LogP contribution in [0.1, 0.15) is 0 Å². The number of benzene rings is 3. The summed E-state index contributed by atoms with van der Waals surface area (Å²) in [6.07, 6.45) is 0. The van der Waals surface area contributed by atoms with Gasteiger partial charge in [0, 0.05) is 22.3 Å². The van der Waals surface area contributed by atoms with Crippen molar-refractivity contribution in [3.05, 3.63) is 84.9 Å². The fourth-order valence-electron chi connectivity index (χ4n) is 3.46. The summed E-state index contributed by atoms with van der Waals surface area (Å²) < 4.78 is 0. The van der Waals surface area contributed by atoms with E-state index in [9.17, 15) is 10.2 Å². The van der Waals surface area contributed by atoms with Crippen molar-refractivity contribution in [1.29, 1.82) is 0 Å². The summed E-state index contributed by atoms with van der Waals surface area (Å²) in [5.41, 5.74) is 6.29. The van der Waals surface area contributed by atoms with E-state index in [2.05, 4.69) is 20.4 Å². The number of para-hydroxylation sites is 2. The van der Waals surface area contributed by atoms with Gasteiger partial charge in [-0.05, 0) is 42.5 Å².